The minimum absolute atomic E-state index is 0.235. The summed E-state index contributed by atoms with van der Waals surface area (Å²) in [6.45, 7) is 0. The maximum atomic E-state index is 12.2. The van der Waals surface area contributed by atoms with Crippen LogP contribution in [0.2, 0.25) is 0 Å². The predicted molar refractivity (Wildman–Crippen MR) is 75.7 cm³/mol. The van der Waals surface area contributed by atoms with Gasteiger partial charge in [-0.2, -0.15) is 0 Å². The van der Waals surface area contributed by atoms with Crippen LogP contribution in [0.1, 0.15) is 10.4 Å². The highest BCUT2D eigenvalue weighted by atomic mass is 16.5. The molecule has 0 aliphatic carbocycles. The zero-order valence-corrected chi connectivity index (χ0v) is 11.5. The summed E-state index contributed by atoms with van der Waals surface area (Å²) in [7, 11) is 1.47. The highest BCUT2D eigenvalue weighted by molar-refractivity contribution is 6.04. The van der Waals surface area contributed by atoms with Crippen molar-refractivity contribution < 1.29 is 9.53 Å². The van der Waals surface area contributed by atoms with E-state index in [0.29, 0.717) is 16.9 Å². The van der Waals surface area contributed by atoms with E-state index in [0.717, 1.165) is 0 Å². The van der Waals surface area contributed by atoms with Gasteiger partial charge in [0.25, 0.3) is 5.91 Å². The number of methoxy groups -OCH3 is 1. The lowest BCUT2D eigenvalue weighted by molar-refractivity contribution is 0.102. The van der Waals surface area contributed by atoms with Gasteiger partial charge >= 0.3 is 6.01 Å². The van der Waals surface area contributed by atoms with Crippen molar-refractivity contribution in [2.24, 2.45) is 0 Å². The van der Waals surface area contributed by atoms with Gasteiger partial charge in [0.15, 0.2) is 0 Å². The Hall–Kier alpha value is -3.36. The SMILES string of the molecule is COc1ncc(NC(=O)c2cccc(-n3cnnn3)c2)cn1. The monoisotopic (exact) mass is 297 g/mol. The predicted octanol–water partition coefficient (Wildman–Crippen LogP) is 0.713. The number of anilines is 1. The molecule has 0 spiro atoms. The van der Waals surface area contributed by atoms with Crippen LogP contribution in [-0.2, 0) is 0 Å². The number of tetrazole rings is 1. The Kier molecular flexibility index (Phi) is 3.69. The molecule has 0 radical (unpaired) electrons. The Morgan fingerprint density at radius 1 is 1.27 bits per heavy atom. The molecule has 9 nitrogen and oxygen atoms in total. The van der Waals surface area contributed by atoms with E-state index in [9.17, 15) is 4.79 Å². The number of hydrogen-bond donors (Lipinski definition) is 1. The van der Waals surface area contributed by atoms with Gasteiger partial charge in [0.2, 0.25) is 0 Å². The molecule has 0 aliphatic rings. The number of nitrogens with one attached hydrogen (secondary N) is 1. The second kappa shape index (κ2) is 5.95. The molecule has 2 heterocycles. The summed E-state index contributed by atoms with van der Waals surface area (Å²) in [5, 5.41) is 13.6. The molecule has 2 aromatic heterocycles. The van der Waals surface area contributed by atoms with Gasteiger partial charge in [0.1, 0.15) is 6.33 Å². The molecule has 110 valence electrons. The molecule has 1 amide bonds. The molecular weight excluding hydrogens is 286 g/mol. The summed E-state index contributed by atoms with van der Waals surface area (Å²) in [5.74, 6) is -0.288. The third-order valence-electron chi connectivity index (χ3n) is 2.79. The Morgan fingerprint density at radius 2 is 2.09 bits per heavy atom. The normalized spacial score (nSPS) is 10.2. The zero-order chi connectivity index (χ0) is 15.4. The van der Waals surface area contributed by atoms with E-state index in [1.54, 1.807) is 24.3 Å². The van der Waals surface area contributed by atoms with Gasteiger partial charge in [-0.1, -0.05) is 6.07 Å². The molecule has 1 aromatic carbocycles. The lowest BCUT2D eigenvalue weighted by Gasteiger charge is -2.06. The minimum Gasteiger partial charge on any atom is -0.467 e. The van der Waals surface area contributed by atoms with E-state index < -0.39 is 0 Å². The number of nitrogens with zero attached hydrogens (tertiary/aromatic N) is 6. The van der Waals surface area contributed by atoms with Crippen LogP contribution in [0.25, 0.3) is 5.69 Å². The van der Waals surface area contributed by atoms with Crippen LogP contribution in [0.5, 0.6) is 6.01 Å². The largest absolute Gasteiger partial charge is 0.467 e. The first-order chi connectivity index (χ1) is 10.8. The molecule has 1 N–H and O–H groups in total. The number of amides is 1. The fourth-order valence-corrected chi connectivity index (χ4v) is 1.76. The molecule has 0 aliphatic heterocycles. The van der Waals surface area contributed by atoms with Crippen LogP contribution in [-0.4, -0.2) is 43.2 Å². The summed E-state index contributed by atoms with van der Waals surface area (Å²) < 4.78 is 6.32. The standard InChI is InChI=1S/C13H11N7O2/c1-22-13-14-6-10(7-15-13)17-12(21)9-3-2-4-11(5-9)20-8-16-18-19-20/h2-8H,1H3,(H,17,21). The Morgan fingerprint density at radius 3 is 2.77 bits per heavy atom. The molecule has 0 bridgehead atoms. The Labute approximate surface area is 125 Å². The van der Waals surface area contributed by atoms with Crippen molar-refractivity contribution in [3.63, 3.8) is 0 Å². The molecule has 0 fully saturated rings. The van der Waals surface area contributed by atoms with Crippen LogP contribution >= 0.6 is 0 Å². The van der Waals surface area contributed by atoms with Crippen molar-refractivity contribution in [1.29, 1.82) is 0 Å². The fraction of sp³-hybridized carbons (Fsp3) is 0.0769. The summed E-state index contributed by atoms with van der Waals surface area (Å²) in [6.07, 6.45) is 4.39. The third-order valence-corrected chi connectivity index (χ3v) is 2.79. The quantitative estimate of drug-likeness (QED) is 0.755. The van der Waals surface area contributed by atoms with Crippen LogP contribution in [0.15, 0.2) is 43.0 Å². The Bertz CT molecular complexity index is 771. The highest BCUT2D eigenvalue weighted by Crippen LogP contribution is 2.12. The van der Waals surface area contributed by atoms with Crippen LogP contribution in [0.3, 0.4) is 0 Å². The average molecular weight is 297 g/mol. The summed E-state index contributed by atoms with van der Waals surface area (Å²) in [6, 6.07) is 7.14. The van der Waals surface area contributed by atoms with E-state index in [1.165, 1.54) is 30.5 Å². The topological polar surface area (TPSA) is 108 Å². The van der Waals surface area contributed by atoms with Gasteiger partial charge in [-0.3, -0.25) is 4.79 Å². The van der Waals surface area contributed by atoms with Gasteiger partial charge in [0.05, 0.1) is 30.9 Å². The van der Waals surface area contributed by atoms with E-state index in [1.807, 2.05) is 0 Å². The second-order valence-corrected chi connectivity index (χ2v) is 4.22. The summed E-state index contributed by atoms with van der Waals surface area (Å²) in [4.78, 5) is 20.1. The van der Waals surface area contributed by atoms with Gasteiger partial charge in [-0.15, -0.1) is 5.10 Å². The number of carbonyl (C=O) groups is 1. The molecule has 0 saturated heterocycles. The number of benzene rings is 1. The van der Waals surface area contributed by atoms with E-state index >= 15 is 0 Å². The maximum Gasteiger partial charge on any atom is 0.316 e. The lowest BCUT2D eigenvalue weighted by Crippen LogP contribution is -2.13. The first-order valence-electron chi connectivity index (χ1n) is 6.27. The Balaban J connectivity index is 1.78. The van der Waals surface area contributed by atoms with E-state index in [2.05, 4.69) is 30.8 Å². The average Bonchev–Trinajstić information content (AvgIpc) is 3.10. The lowest BCUT2D eigenvalue weighted by atomic mass is 10.2. The molecule has 22 heavy (non-hydrogen) atoms. The fourth-order valence-electron chi connectivity index (χ4n) is 1.76. The molecular formula is C13H11N7O2. The van der Waals surface area contributed by atoms with E-state index in [4.69, 9.17) is 4.74 Å². The van der Waals surface area contributed by atoms with Crippen molar-refractivity contribution in [1.82, 2.24) is 30.2 Å². The van der Waals surface area contributed by atoms with Crippen molar-refractivity contribution >= 4 is 11.6 Å². The van der Waals surface area contributed by atoms with Crippen LogP contribution in [0, 0.1) is 0 Å². The zero-order valence-electron chi connectivity index (χ0n) is 11.5. The van der Waals surface area contributed by atoms with Crippen molar-refractivity contribution in [2.45, 2.75) is 0 Å². The van der Waals surface area contributed by atoms with Gasteiger partial charge in [-0.25, -0.2) is 14.6 Å². The smallest absolute Gasteiger partial charge is 0.316 e. The number of aromatic nitrogens is 6. The molecule has 3 rings (SSSR count). The summed E-state index contributed by atoms with van der Waals surface area (Å²) in [5.41, 5.74) is 1.62. The van der Waals surface area contributed by atoms with E-state index in [-0.39, 0.29) is 11.9 Å². The van der Waals surface area contributed by atoms with Gasteiger partial charge in [0, 0.05) is 5.56 Å². The highest BCUT2D eigenvalue weighted by Gasteiger charge is 2.09. The van der Waals surface area contributed by atoms with Crippen molar-refractivity contribution in [3.05, 3.63) is 48.5 Å². The number of rotatable bonds is 4. The maximum absolute atomic E-state index is 12.2. The second-order valence-electron chi connectivity index (χ2n) is 4.22. The number of hydrogen-bond acceptors (Lipinski definition) is 7. The van der Waals surface area contributed by atoms with Crippen LogP contribution in [0.4, 0.5) is 5.69 Å². The molecule has 9 heteroatoms. The van der Waals surface area contributed by atoms with Crippen LogP contribution < -0.4 is 10.1 Å². The molecule has 0 atom stereocenters. The number of ether oxygens (including phenoxy) is 1. The minimum atomic E-state index is -0.288. The summed E-state index contributed by atoms with van der Waals surface area (Å²) >= 11 is 0. The molecule has 0 saturated carbocycles. The molecule has 3 aromatic rings. The molecule has 0 unspecified atom stereocenters. The van der Waals surface area contributed by atoms with Crippen molar-refractivity contribution in [3.8, 4) is 11.7 Å². The number of carbonyl (C=O) groups excluding carboxylic acids is 1. The van der Waals surface area contributed by atoms with Crippen molar-refractivity contribution in [2.75, 3.05) is 12.4 Å². The third kappa shape index (κ3) is 2.87. The first kappa shape index (κ1) is 13.6. The first-order valence-corrected chi connectivity index (χ1v) is 6.27. The van der Waals surface area contributed by atoms with Gasteiger partial charge in [-0.05, 0) is 28.6 Å². The van der Waals surface area contributed by atoms with Gasteiger partial charge < -0.3 is 10.1 Å².